The Kier molecular flexibility index (Phi) is 2.64. The van der Waals surface area contributed by atoms with Crippen LogP contribution in [-0.4, -0.2) is 9.58 Å². The van der Waals surface area contributed by atoms with Gasteiger partial charge in [-0.1, -0.05) is 12.2 Å². The van der Waals surface area contributed by atoms with Crippen LogP contribution in [0.25, 0.3) is 0 Å². The Morgan fingerprint density at radius 3 is 2.53 bits per heavy atom. The van der Waals surface area contributed by atoms with Crippen molar-refractivity contribution in [1.82, 2.24) is 0 Å². The summed E-state index contributed by atoms with van der Waals surface area (Å²) in [6.07, 6.45) is 6.60. The van der Waals surface area contributed by atoms with Gasteiger partial charge in [0.15, 0.2) is 3.61 Å². The van der Waals surface area contributed by atoms with Crippen LogP contribution in [0.3, 0.4) is 0 Å². The van der Waals surface area contributed by atoms with Crippen LogP contribution in [0.2, 0.25) is 0 Å². The number of carbonyl (C=O) groups excluding carboxylic acids is 1. The minimum Gasteiger partial charge on any atom is -0.447 e. The third kappa shape index (κ3) is 2.08. The number of fused-ring (bicyclic) bond motifs is 2. The lowest BCUT2D eigenvalue weighted by molar-refractivity contribution is -0.161. The summed E-state index contributed by atoms with van der Waals surface area (Å²) in [5.41, 5.74) is -0.399. The van der Waals surface area contributed by atoms with Gasteiger partial charge in [-0.05, 0) is 55.7 Å². The van der Waals surface area contributed by atoms with E-state index in [2.05, 4.69) is 34.7 Å². The highest BCUT2D eigenvalue weighted by atomic mass is 127. The first-order valence-electron chi connectivity index (χ1n) is 5.42. The zero-order valence-corrected chi connectivity index (χ0v) is 11.6. The van der Waals surface area contributed by atoms with Crippen molar-refractivity contribution in [2.45, 2.75) is 37.2 Å². The number of esters is 1. The summed E-state index contributed by atoms with van der Waals surface area (Å²) in [7, 11) is 0. The molecule has 0 aromatic carbocycles. The second-order valence-corrected chi connectivity index (χ2v) is 7.44. The Morgan fingerprint density at radius 1 is 1.47 bits per heavy atom. The maximum atomic E-state index is 11.9. The minimum atomic E-state index is -0.399. The molecule has 2 rings (SSSR count). The van der Waals surface area contributed by atoms with E-state index in [-0.39, 0.29) is 9.58 Å². The van der Waals surface area contributed by atoms with Gasteiger partial charge in [-0.25, -0.2) is 0 Å². The van der Waals surface area contributed by atoms with Crippen molar-refractivity contribution in [1.29, 1.82) is 0 Å². The Hall–Kier alpha value is -0.0600. The van der Waals surface area contributed by atoms with Gasteiger partial charge < -0.3 is 4.74 Å². The molecular formula is C12H17IO2. The predicted molar refractivity (Wildman–Crippen MR) is 67.7 cm³/mol. The molecule has 0 spiro atoms. The monoisotopic (exact) mass is 320 g/mol. The zero-order chi connectivity index (χ0) is 11.3. The van der Waals surface area contributed by atoms with Gasteiger partial charge in [-0.3, -0.25) is 4.79 Å². The van der Waals surface area contributed by atoms with E-state index in [0.717, 1.165) is 12.8 Å². The van der Waals surface area contributed by atoms with Crippen molar-refractivity contribution in [3.8, 4) is 0 Å². The predicted octanol–water partition coefficient (Wildman–Crippen LogP) is 3.30. The molecule has 0 amide bonds. The van der Waals surface area contributed by atoms with Crippen molar-refractivity contribution in [3.05, 3.63) is 12.2 Å². The third-order valence-electron chi connectivity index (χ3n) is 3.14. The lowest BCUT2D eigenvalue weighted by atomic mass is 9.96. The summed E-state index contributed by atoms with van der Waals surface area (Å²) in [4.78, 5) is 11.9. The van der Waals surface area contributed by atoms with E-state index in [1.807, 2.05) is 20.8 Å². The van der Waals surface area contributed by atoms with Crippen molar-refractivity contribution >= 4 is 28.6 Å². The van der Waals surface area contributed by atoms with Gasteiger partial charge in [0.05, 0.1) is 5.41 Å². The molecule has 2 aliphatic rings. The van der Waals surface area contributed by atoms with E-state index in [1.54, 1.807) is 0 Å². The van der Waals surface area contributed by atoms with Crippen LogP contribution in [0.5, 0.6) is 0 Å². The maximum Gasteiger partial charge on any atom is 0.312 e. The summed E-state index contributed by atoms with van der Waals surface area (Å²) >= 11 is 2.32. The number of hydrogen-bond acceptors (Lipinski definition) is 2. The van der Waals surface area contributed by atoms with Crippen LogP contribution in [0.15, 0.2) is 12.2 Å². The summed E-state index contributed by atoms with van der Waals surface area (Å²) < 4.78 is 5.42. The standard InChI is InChI=1S/C12H17IO2/c1-11(2,3)10(14)15-12(13)7-8-4-5-9(12)6-8/h4-5,8-9H,6-7H2,1-3H3. The maximum absolute atomic E-state index is 11.9. The molecule has 0 radical (unpaired) electrons. The third-order valence-corrected chi connectivity index (χ3v) is 4.60. The second-order valence-electron chi connectivity index (χ2n) is 5.62. The van der Waals surface area contributed by atoms with Crippen LogP contribution in [0, 0.1) is 17.3 Å². The van der Waals surface area contributed by atoms with Crippen molar-refractivity contribution in [3.63, 3.8) is 0 Å². The van der Waals surface area contributed by atoms with Gasteiger partial charge in [-0.15, -0.1) is 0 Å². The minimum absolute atomic E-state index is 0.0853. The highest BCUT2D eigenvalue weighted by Gasteiger charge is 2.50. The fourth-order valence-electron chi connectivity index (χ4n) is 2.18. The van der Waals surface area contributed by atoms with E-state index in [1.165, 1.54) is 0 Å². The SMILES string of the molecule is CC(C)(C)C(=O)OC1(I)CC2C=CC1C2. The van der Waals surface area contributed by atoms with Gasteiger partial charge >= 0.3 is 5.97 Å². The number of allylic oxidation sites excluding steroid dienone is 1. The van der Waals surface area contributed by atoms with E-state index in [4.69, 9.17) is 4.74 Å². The van der Waals surface area contributed by atoms with E-state index in [0.29, 0.717) is 11.8 Å². The topological polar surface area (TPSA) is 26.3 Å². The summed E-state index contributed by atoms with van der Waals surface area (Å²) in [5.74, 6) is 0.965. The molecule has 2 bridgehead atoms. The molecule has 3 unspecified atom stereocenters. The first kappa shape index (κ1) is 11.4. The normalized spacial score (nSPS) is 38.4. The number of alkyl halides is 1. The van der Waals surface area contributed by atoms with Crippen LogP contribution >= 0.6 is 22.6 Å². The first-order chi connectivity index (χ1) is 6.81. The Morgan fingerprint density at radius 2 is 2.13 bits per heavy atom. The molecule has 2 nitrogen and oxygen atoms in total. The average molecular weight is 320 g/mol. The smallest absolute Gasteiger partial charge is 0.312 e. The van der Waals surface area contributed by atoms with Gasteiger partial charge in [-0.2, -0.15) is 0 Å². The Labute approximate surface area is 105 Å². The molecule has 2 aliphatic carbocycles. The fraction of sp³-hybridized carbons (Fsp3) is 0.750. The highest BCUT2D eigenvalue weighted by molar-refractivity contribution is 14.1. The number of hydrogen-bond donors (Lipinski definition) is 0. The molecule has 3 atom stereocenters. The molecule has 0 aromatic heterocycles. The number of rotatable bonds is 1. The van der Waals surface area contributed by atoms with Crippen LogP contribution in [-0.2, 0) is 9.53 Å². The molecule has 1 fully saturated rings. The average Bonchev–Trinajstić information content (AvgIpc) is 2.60. The molecule has 15 heavy (non-hydrogen) atoms. The highest BCUT2D eigenvalue weighted by Crippen LogP contribution is 2.52. The molecule has 0 aliphatic heterocycles. The second kappa shape index (κ2) is 3.47. The summed E-state index contributed by atoms with van der Waals surface area (Å²) in [5, 5.41) is 0. The van der Waals surface area contributed by atoms with Gasteiger partial charge in [0.1, 0.15) is 0 Å². The summed E-state index contributed by atoms with van der Waals surface area (Å²) in [6.45, 7) is 5.70. The van der Waals surface area contributed by atoms with E-state index in [9.17, 15) is 4.79 Å². The number of halogens is 1. The van der Waals surface area contributed by atoms with Crippen molar-refractivity contribution in [2.75, 3.05) is 0 Å². The quantitative estimate of drug-likeness (QED) is 0.321. The molecule has 0 aromatic rings. The number of ether oxygens (including phenoxy) is 1. The van der Waals surface area contributed by atoms with Gasteiger partial charge in [0, 0.05) is 12.3 Å². The van der Waals surface area contributed by atoms with Crippen LogP contribution < -0.4 is 0 Å². The first-order valence-corrected chi connectivity index (χ1v) is 6.50. The molecule has 1 saturated carbocycles. The molecule has 0 heterocycles. The fourth-order valence-corrected chi connectivity index (χ4v) is 3.41. The zero-order valence-electron chi connectivity index (χ0n) is 9.42. The largest absolute Gasteiger partial charge is 0.447 e. The molecular weight excluding hydrogens is 303 g/mol. The Balaban J connectivity index is 2.07. The lowest BCUT2D eigenvalue weighted by Gasteiger charge is -2.32. The Bertz CT molecular complexity index is 316. The lowest BCUT2D eigenvalue weighted by Crippen LogP contribution is -2.37. The molecule has 84 valence electrons. The molecule has 0 saturated heterocycles. The van der Waals surface area contributed by atoms with Crippen molar-refractivity contribution < 1.29 is 9.53 Å². The summed E-state index contributed by atoms with van der Waals surface area (Å²) in [6, 6.07) is 0. The van der Waals surface area contributed by atoms with Gasteiger partial charge in [0.2, 0.25) is 0 Å². The van der Waals surface area contributed by atoms with E-state index < -0.39 is 5.41 Å². The van der Waals surface area contributed by atoms with Crippen LogP contribution in [0.1, 0.15) is 33.6 Å². The molecule has 0 N–H and O–H groups in total. The molecule has 3 heteroatoms. The van der Waals surface area contributed by atoms with E-state index >= 15 is 0 Å². The van der Waals surface area contributed by atoms with Gasteiger partial charge in [0.25, 0.3) is 0 Å². The van der Waals surface area contributed by atoms with Crippen molar-refractivity contribution in [2.24, 2.45) is 17.3 Å². The van der Waals surface area contributed by atoms with Crippen LogP contribution in [0.4, 0.5) is 0 Å². The number of carbonyl (C=O) groups is 1.